The van der Waals surface area contributed by atoms with Gasteiger partial charge in [-0.1, -0.05) is 12.1 Å². The lowest BCUT2D eigenvalue weighted by molar-refractivity contribution is -0.943. The third kappa shape index (κ3) is 3.56. The molecule has 0 aliphatic carbocycles. The summed E-state index contributed by atoms with van der Waals surface area (Å²) in [6.07, 6.45) is 3.71. The summed E-state index contributed by atoms with van der Waals surface area (Å²) in [5.74, 6) is 0.0931. The Morgan fingerprint density at radius 1 is 1.26 bits per heavy atom. The van der Waals surface area contributed by atoms with Crippen molar-refractivity contribution in [1.82, 2.24) is 0 Å². The number of hydrogen-bond donors (Lipinski definition) is 1. The molecule has 23 heavy (non-hydrogen) atoms. The minimum absolute atomic E-state index is 0.0420. The summed E-state index contributed by atoms with van der Waals surface area (Å²) >= 11 is 0. The first-order chi connectivity index (χ1) is 10.9. The molecule has 2 rings (SSSR count). The van der Waals surface area contributed by atoms with E-state index in [1.165, 1.54) is 19.3 Å². The third-order valence-electron chi connectivity index (χ3n) is 5.43. The molecule has 0 aromatic heterocycles. The van der Waals surface area contributed by atoms with Gasteiger partial charge in [-0.05, 0) is 58.1 Å². The molecular formula is C19H28N3O+. The molecule has 4 heteroatoms. The number of carbonyl (C=O) groups is 1. The molecule has 1 N–H and O–H groups in total. The van der Waals surface area contributed by atoms with Gasteiger partial charge in [-0.25, -0.2) is 4.85 Å². The number of likely N-dealkylation sites (N-methyl/N-ethyl adjacent to an activating group) is 1. The Kier molecular flexibility index (Phi) is 5.43. The molecule has 0 spiro atoms. The Labute approximate surface area is 139 Å². The van der Waals surface area contributed by atoms with E-state index in [1.54, 1.807) is 0 Å². The molecule has 1 amide bonds. The number of anilines is 1. The molecule has 0 saturated carbocycles. The van der Waals surface area contributed by atoms with Crippen LogP contribution in [0.5, 0.6) is 0 Å². The lowest BCUT2D eigenvalue weighted by atomic mass is 10.0. The molecule has 1 aliphatic heterocycles. The Morgan fingerprint density at radius 2 is 1.83 bits per heavy atom. The first kappa shape index (κ1) is 17.5. The van der Waals surface area contributed by atoms with Crippen LogP contribution in [0.15, 0.2) is 12.1 Å². The number of nitrogens with one attached hydrogen (secondary N) is 1. The normalized spacial score (nSPS) is 18.0. The Balaban J connectivity index is 2.20. The quantitative estimate of drug-likeness (QED) is 0.656. The summed E-state index contributed by atoms with van der Waals surface area (Å²) in [5, 5.41) is 3.13. The fourth-order valence-electron chi connectivity index (χ4n) is 3.80. The minimum atomic E-state index is -0.0420. The van der Waals surface area contributed by atoms with Crippen LogP contribution < -0.4 is 5.32 Å². The van der Waals surface area contributed by atoms with Crippen LogP contribution in [0.1, 0.15) is 44.2 Å². The summed E-state index contributed by atoms with van der Waals surface area (Å²) in [6, 6.07) is 3.64. The van der Waals surface area contributed by atoms with Crippen LogP contribution in [0.3, 0.4) is 0 Å². The van der Waals surface area contributed by atoms with Gasteiger partial charge in [0.2, 0.25) is 0 Å². The predicted octanol–water partition coefficient (Wildman–Crippen LogP) is 4.20. The van der Waals surface area contributed by atoms with E-state index in [0.717, 1.165) is 40.9 Å². The molecule has 1 fully saturated rings. The molecule has 1 atom stereocenters. The monoisotopic (exact) mass is 314 g/mol. The second kappa shape index (κ2) is 7.14. The van der Waals surface area contributed by atoms with Gasteiger partial charge in [0.1, 0.15) is 0 Å². The number of piperidine rings is 1. The van der Waals surface area contributed by atoms with Crippen LogP contribution in [0.25, 0.3) is 4.85 Å². The zero-order valence-corrected chi connectivity index (χ0v) is 14.8. The maximum absolute atomic E-state index is 12.8. The highest BCUT2D eigenvalue weighted by Gasteiger charge is 2.38. The van der Waals surface area contributed by atoms with Crippen molar-refractivity contribution < 1.29 is 9.28 Å². The zero-order chi connectivity index (χ0) is 17.0. The van der Waals surface area contributed by atoms with Gasteiger partial charge >= 0.3 is 0 Å². The Morgan fingerprint density at radius 3 is 2.30 bits per heavy atom. The molecule has 1 heterocycles. The van der Waals surface area contributed by atoms with E-state index >= 15 is 0 Å². The van der Waals surface area contributed by atoms with E-state index in [0.29, 0.717) is 5.69 Å². The Bertz CT molecular complexity index is 601. The van der Waals surface area contributed by atoms with Crippen molar-refractivity contribution in [3.05, 3.63) is 34.7 Å². The summed E-state index contributed by atoms with van der Waals surface area (Å²) in [7, 11) is 0. The number of amides is 1. The van der Waals surface area contributed by atoms with Crippen LogP contribution in [0, 0.1) is 20.4 Å². The molecule has 1 unspecified atom stereocenters. The number of hydrogen-bond acceptors (Lipinski definition) is 1. The van der Waals surface area contributed by atoms with E-state index in [-0.39, 0.29) is 11.9 Å². The highest BCUT2D eigenvalue weighted by molar-refractivity contribution is 5.95. The highest BCUT2D eigenvalue weighted by atomic mass is 16.2. The molecule has 124 valence electrons. The van der Waals surface area contributed by atoms with Gasteiger partial charge < -0.3 is 9.80 Å². The van der Waals surface area contributed by atoms with Crippen LogP contribution in [0.4, 0.5) is 11.4 Å². The number of aryl methyl sites for hydroxylation is 2. The molecule has 1 aromatic rings. The summed E-state index contributed by atoms with van der Waals surface area (Å²) < 4.78 is 0.893. The largest absolute Gasteiger partial charge is 0.321 e. The van der Waals surface area contributed by atoms with E-state index in [1.807, 2.05) is 26.0 Å². The second-order valence-corrected chi connectivity index (χ2v) is 6.77. The van der Waals surface area contributed by atoms with Gasteiger partial charge in [0.15, 0.2) is 11.7 Å². The topological polar surface area (TPSA) is 33.5 Å². The number of rotatable bonds is 4. The summed E-state index contributed by atoms with van der Waals surface area (Å²) in [6.45, 7) is 18.5. The summed E-state index contributed by atoms with van der Waals surface area (Å²) in [5.41, 5.74) is 3.40. The zero-order valence-electron chi connectivity index (χ0n) is 14.8. The van der Waals surface area contributed by atoms with Crippen molar-refractivity contribution in [1.29, 1.82) is 0 Å². The van der Waals surface area contributed by atoms with E-state index < -0.39 is 0 Å². The van der Waals surface area contributed by atoms with Gasteiger partial charge in [-0.3, -0.25) is 4.79 Å². The molecule has 1 aliphatic rings. The highest BCUT2D eigenvalue weighted by Crippen LogP contribution is 2.28. The first-order valence-corrected chi connectivity index (χ1v) is 8.59. The van der Waals surface area contributed by atoms with Crippen molar-refractivity contribution in [2.24, 2.45) is 0 Å². The van der Waals surface area contributed by atoms with Crippen LogP contribution >= 0.6 is 0 Å². The number of carbonyl (C=O) groups excluding carboxylic acids is 1. The van der Waals surface area contributed by atoms with Crippen molar-refractivity contribution >= 4 is 17.3 Å². The maximum atomic E-state index is 12.8. The number of nitrogens with zero attached hydrogens (tertiary/aromatic N) is 2. The number of benzene rings is 1. The van der Waals surface area contributed by atoms with Gasteiger partial charge in [-0.15, -0.1) is 0 Å². The SMILES string of the molecule is [C-]#[N+]c1cc(C)c(NC(=O)C(C)[N+]2(CC)CCCCC2)c(C)c1. The van der Waals surface area contributed by atoms with Crippen molar-refractivity contribution in [3.8, 4) is 0 Å². The van der Waals surface area contributed by atoms with Crippen LogP contribution in [-0.2, 0) is 4.79 Å². The van der Waals surface area contributed by atoms with E-state index in [4.69, 9.17) is 6.57 Å². The second-order valence-electron chi connectivity index (χ2n) is 6.77. The third-order valence-corrected chi connectivity index (χ3v) is 5.43. The Hall–Kier alpha value is -1.86. The van der Waals surface area contributed by atoms with Gasteiger partial charge in [0.05, 0.1) is 26.2 Å². The fraction of sp³-hybridized carbons (Fsp3) is 0.579. The van der Waals surface area contributed by atoms with Crippen molar-refractivity contribution in [3.63, 3.8) is 0 Å². The van der Waals surface area contributed by atoms with Gasteiger partial charge in [0, 0.05) is 5.69 Å². The lowest BCUT2D eigenvalue weighted by Crippen LogP contribution is -2.60. The van der Waals surface area contributed by atoms with Gasteiger partial charge in [0.25, 0.3) is 5.91 Å². The van der Waals surface area contributed by atoms with E-state index in [2.05, 4.69) is 24.0 Å². The van der Waals surface area contributed by atoms with Gasteiger partial charge in [-0.2, -0.15) is 0 Å². The molecule has 1 saturated heterocycles. The average molecular weight is 314 g/mol. The smallest absolute Gasteiger partial charge is 0.282 e. The van der Waals surface area contributed by atoms with Crippen molar-refractivity contribution in [2.45, 2.75) is 53.0 Å². The first-order valence-electron chi connectivity index (χ1n) is 8.59. The lowest BCUT2D eigenvalue weighted by Gasteiger charge is -2.44. The van der Waals surface area contributed by atoms with Crippen LogP contribution in [-0.4, -0.2) is 36.1 Å². The number of likely N-dealkylation sites (tertiary alicyclic amines) is 1. The maximum Gasteiger partial charge on any atom is 0.282 e. The molecule has 0 bridgehead atoms. The summed E-state index contributed by atoms with van der Waals surface area (Å²) in [4.78, 5) is 16.3. The van der Waals surface area contributed by atoms with Crippen molar-refractivity contribution in [2.75, 3.05) is 25.0 Å². The number of quaternary nitrogens is 1. The predicted molar refractivity (Wildman–Crippen MR) is 94.7 cm³/mol. The standard InChI is InChI=1S/C19H27N3O/c1-6-22(10-8-7-9-11-22)16(4)19(23)21-18-14(2)12-17(20-5)13-15(18)3/h12-13,16H,6-11H2,1-4H3/p+1. The fourth-order valence-corrected chi connectivity index (χ4v) is 3.80. The van der Waals surface area contributed by atoms with Crippen LogP contribution in [0.2, 0.25) is 0 Å². The molecule has 1 aromatic carbocycles. The molecular weight excluding hydrogens is 286 g/mol. The minimum Gasteiger partial charge on any atom is -0.321 e. The van der Waals surface area contributed by atoms with E-state index in [9.17, 15) is 4.79 Å². The average Bonchev–Trinajstić information content (AvgIpc) is 2.57. The molecule has 4 nitrogen and oxygen atoms in total. The molecule has 0 radical (unpaired) electrons.